The lowest BCUT2D eigenvalue weighted by atomic mass is 9.99. The highest BCUT2D eigenvalue weighted by molar-refractivity contribution is 5.28. The SMILES string of the molecule is CNC(Cc1cc(F)ccc1C)c1cncn1C. The van der Waals surface area contributed by atoms with Crippen LogP contribution in [0.2, 0.25) is 0 Å². The second-order valence-electron chi connectivity index (χ2n) is 4.55. The number of benzene rings is 1. The zero-order valence-electron chi connectivity index (χ0n) is 10.9. The number of rotatable bonds is 4. The molecule has 0 aliphatic heterocycles. The first-order valence-corrected chi connectivity index (χ1v) is 6.00. The van der Waals surface area contributed by atoms with Gasteiger partial charge in [0, 0.05) is 13.2 Å². The van der Waals surface area contributed by atoms with Gasteiger partial charge in [-0.15, -0.1) is 0 Å². The second kappa shape index (κ2) is 5.31. The van der Waals surface area contributed by atoms with Gasteiger partial charge in [-0.1, -0.05) is 6.07 Å². The summed E-state index contributed by atoms with van der Waals surface area (Å²) in [5, 5.41) is 3.26. The molecule has 0 bridgehead atoms. The van der Waals surface area contributed by atoms with E-state index in [1.54, 1.807) is 12.4 Å². The first-order chi connectivity index (χ1) is 8.61. The van der Waals surface area contributed by atoms with Crippen LogP contribution in [0.3, 0.4) is 0 Å². The molecule has 96 valence electrons. The molecule has 1 atom stereocenters. The van der Waals surface area contributed by atoms with Crippen LogP contribution < -0.4 is 5.32 Å². The van der Waals surface area contributed by atoms with Gasteiger partial charge in [0.25, 0.3) is 0 Å². The van der Waals surface area contributed by atoms with Gasteiger partial charge in [-0.2, -0.15) is 0 Å². The first kappa shape index (κ1) is 12.8. The van der Waals surface area contributed by atoms with E-state index in [0.717, 1.165) is 23.2 Å². The van der Waals surface area contributed by atoms with Crippen LogP contribution in [0.5, 0.6) is 0 Å². The lowest BCUT2D eigenvalue weighted by molar-refractivity contribution is 0.550. The summed E-state index contributed by atoms with van der Waals surface area (Å²) >= 11 is 0. The van der Waals surface area contributed by atoms with Crippen LogP contribution in [0.1, 0.15) is 22.9 Å². The normalized spacial score (nSPS) is 12.7. The lowest BCUT2D eigenvalue weighted by Gasteiger charge is -2.18. The molecule has 2 rings (SSSR count). The summed E-state index contributed by atoms with van der Waals surface area (Å²) < 4.78 is 15.3. The maximum Gasteiger partial charge on any atom is 0.123 e. The van der Waals surface area contributed by atoms with Crippen molar-refractivity contribution >= 4 is 0 Å². The molecule has 0 spiro atoms. The van der Waals surface area contributed by atoms with Crippen molar-refractivity contribution in [3.8, 4) is 0 Å². The van der Waals surface area contributed by atoms with Crippen molar-refractivity contribution in [3.63, 3.8) is 0 Å². The van der Waals surface area contributed by atoms with E-state index in [-0.39, 0.29) is 11.9 Å². The smallest absolute Gasteiger partial charge is 0.123 e. The third-order valence-electron chi connectivity index (χ3n) is 3.29. The minimum absolute atomic E-state index is 0.137. The Labute approximate surface area is 107 Å². The Morgan fingerprint density at radius 2 is 2.22 bits per heavy atom. The van der Waals surface area contributed by atoms with Crippen molar-refractivity contribution in [1.82, 2.24) is 14.9 Å². The van der Waals surface area contributed by atoms with Crippen molar-refractivity contribution in [2.75, 3.05) is 7.05 Å². The molecule has 0 saturated carbocycles. The number of hydrogen-bond acceptors (Lipinski definition) is 2. The summed E-state index contributed by atoms with van der Waals surface area (Å²) in [6, 6.07) is 5.06. The topological polar surface area (TPSA) is 29.9 Å². The number of likely N-dealkylation sites (N-methyl/N-ethyl adjacent to an activating group) is 1. The fourth-order valence-electron chi connectivity index (χ4n) is 2.14. The van der Waals surface area contributed by atoms with Gasteiger partial charge in [-0.3, -0.25) is 0 Å². The van der Waals surface area contributed by atoms with Crippen LogP contribution in [0.15, 0.2) is 30.7 Å². The molecular weight excluding hydrogens is 229 g/mol. The molecule has 1 aromatic carbocycles. The van der Waals surface area contributed by atoms with Gasteiger partial charge in [-0.25, -0.2) is 9.37 Å². The van der Waals surface area contributed by atoms with Gasteiger partial charge in [0.1, 0.15) is 5.82 Å². The largest absolute Gasteiger partial charge is 0.336 e. The van der Waals surface area contributed by atoms with Crippen LogP contribution in [0.25, 0.3) is 0 Å². The summed E-state index contributed by atoms with van der Waals surface area (Å²) in [6.45, 7) is 2.00. The molecule has 0 saturated heterocycles. The number of nitrogens with zero attached hydrogens (tertiary/aromatic N) is 2. The molecule has 3 nitrogen and oxygen atoms in total. The summed E-state index contributed by atoms with van der Waals surface area (Å²) in [4.78, 5) is 4.12. The van der Waals surface area contributed by atoms with Gasteiger partial charge < -0.3 is 9.88 Å². The minimum Gasteiger partial charge on any atom is -0.336 e. The molecule has 2 aromatic rings. The first-order valence-electron chi connectivity index (χ1n) is 6.00. The molecule has 1 aromatic heterocycles. The standard InChI is InChI=1S/C14H18FN3/c1-10-4-5-12(15)6-11(10)7-13(16-2)14-8-17-9-18(14)3/h4-6,8-9,13,16H,7H2,1-3H3. The van der Waals surface area contributed by atoms with Gasteiger partial charge in [0.2, 0.25) is 0 Å². The van der Waals surface area contributed by atoms with Crippen LogP contribution in [-0.4, -0.2) is 16.6 Å². The van der Waals surface area contributed by atoms with Gasteiger partial charge >= 0.3 is 0 Å². The lowest BCUT2D eigenvalue weighted by Crippen LogP contribution is -2.21. The summed E-state index contributed by atoms with van der Waals surface area (Å²) in [5.41, 5.74) is 3.23. The number of nitrogens with one attached hydrogen (secondary N) is 1. The van der Waals surface area contributed by atoms with Crippen LogP contribution in [0, 0.1) is 12.7 Å². The van der Waals surface area contributed by atoms with E-state index in [9.17, 15) is 4.39 Å². The van der Waals surface area contributed by atoms with Gasteiger partial charge in [0.15, 0.2) is 0 Å². The fourth-order valence-corrected chi connectivity index (χ4v) is 2.14. The van der Waals surface area contributed by atoms with Crippen LogP contribution in [0.4, 0.5) is 4.39 Å². The zero-order valence-corrected chi connectivity index (χ0v) is 10.9. The number of halogens is 1. The van der Waals surface area contributed by atoms with Crippen molar-refractivity contribution in [2.24, 2.45) is 7.05 Å². The molecule has 1 N–H and O–H groups in total. The van der Waals surface area contributed by atoms with E-state index in [1.807, 2.05) is 37.8 Å². The summed E-state index contributed by atoms with van der Waals surface area (Å²) in [7, 11) is 3.87. The average Bonchev–Trinajstić information content (AvgIpc) is 2.77. The average molecular weight is 247 g/mol. The summed E-state index contributed by atoms with van der Waals surface area (Å²) in [6.07, 6.45) is 4.37. The molecule has 0 aliphatic rings. The molecule has 1 heterocycles. The molecule has 1 unspecified atom stereocenters. The quantitative estimate of drug-likeness (QED) is 0.899. The number of hydrogen-bond donors (Lipinski definition) is 1. The number of aromatic nitrogens is 2. The van der Waals surface area contributed by atoms with E-state index in [1.165, 1.54) is 6.07 Å². The van der Waals surface area contributed by atoms with Crippen LogP contribution >= 0.6 is 0 Å². The molecule has 0 amide bonds. The van der Waals surface area contributed by atoms with Gasteiger partial charge in [0.05, 0.1) is 18.1 Å². The highest BCUT2D eigenvalue weighted by Crippen LogP contribution is 2.20. The molecule has 0 aliphatic carbocycles. The molecule has 18 heavy (non-hydrogen) atoms. The van der Waals surface area contributed by atoms with E-state index < -0.39 is 0 Å². The Kier molecular flexibility index (Phi) is 3.77. The van der Waals surface area contributed by atoms with E-state index in [0.29, 0.717) is 0 Å². The highest BCUT2D eigenvalue weighted by Gasteiger charge is 2.14. The minimum atomic E-state index is -0.185. The predicted octanol–water partition coefficient (Wildman–Crippen LogP) is 2.37. The molecule has 0 radical (unpaired) electrons. The summed E-state index contributed by atoms with van der Waals surface area (Å²) in [5.74, 6) is -0.185. The van der Waals surface area contributed by atoms with Crippen LogP contribution in [-0.2, 0) is 13.5 Å². The van der Waals surface area contributed by atoms with Crippen molar-refractivity contribution < 1.29 is 4.39 Å². The Bertz CT molecular complexity index is 534. The Balaban J connectivity index is 2.26. The maximum atomic E-state index is 13.3. The number of imidazole rings is 1. The van der Waals surface area contributed by atoms with Crippen molar-refractivity contribution in [1.29, 1.82) is 0 Å². The van der Waals surface area contributed by atoms with E-state index >= 15 is 0 Å². The third kappa shape index (κ3) is 2.59. The third-order valence-corrected chi connectivity index (χ3v) is 3.29. The second-order valence-corrected chi connectivity index (χ2v) is 4.55. The number of aryl methyl sites for hydroxylation is 2. The fraction of sp³-hybridized carbons (Fsp3) is 0.357. The Morgan fingerprint density at radius 3 is 2.83 bits per heavy atom. The zero-order chi connectivity index (χ0) is 13.1. The monoisotopic (exact) mass is 247 g/mol. The predicted molar refractivity (Wildman–Crippen MR) is 69.8 cm³/mol. The molecule has 4 heteroatoms. The van der Waals surface area contributed by atoms with E-state index in [4.69, 9.17) is 0 Å². The molecule has 0 fully saturated rings. The van der Waals surface area contributed by atoms with Crippen molar-refractivity contribution in [2.45, 2.75) is 19.4 Å². The van der Waals surface area contributed by atoms with E-state index in [2.05, 4.69) is 10.3 Å². The highest BCUT2D eigenvalue weighted by atomic mass is 19.1. The molecular formula is C14H18FN3. The van der Waals surface area contributed by atoms with Gasteiger partial charge in [-0.05, 0) is 43.7 Å². The Morgan fingerprint density at radius 1 is 1.44 bits per heavy atom. The van der Waals surface area contributed by atoms with Crippen molar-refractivity contribution in [3.05, 3.63) is 53.4 Å². The Hall–Kier alpha value is -1.68. The maximum absolute atomic E-state index is 13.3.